The zero-order valence-corrected chi connectivity index (χ0v) is 18.0. The van der Waals surface area contributed by atoms with Crippen LogP contribution in [-0.4, -0.2) is 29.8 Å². The normalized spacial score (nSPS) is 11.6. The van der Waals surface area contributed by atoms with E-state index in [1.807, 2.05) is 24.3 Å². The first-order chi connectivity index (χ1) is 15.0. The van der Waals surface area contributed by atoms with Crippen molar-refractivity contribution >= 4 is 33.4 Å². The van der Waals surface area contributed by atoms with Gasteiger partial charge in [0.2, 0.25) is 5.13 Å². The molecule has 0 saturated carbocycles. The number of fused-ring (bicyclic) bond motifs is 1. The van der Waals surface area contributed by atoms with E-state index < -0.39 is 5.97 Å². The molecule has 2 heterocycles. The molecule has 0 amide bonds. The number of hydrogen-bond acceptors (Lipinski definition) is 8. The van der Waals surface area contributed by atoms with Crippen molar-refractivity contribution in [1.29, 1.82) is 0 Å². The Kier molecular flexibility index (Phi) is 5.73. The van der Waals surface area contributed by atoms with E-state index in [1.165, 1.54) is 0 Å². The zero-order chi connectivity index (χ0) is 22.0. The Morgan fingerprint density at radius 3 is 2.68 bits per heavy atom. The summed E-state index contributed by atoms with van der Waals surface area (Å²) in [5.41, 5.74) is 1.96. The summed E-state index contributed by atoms with van der Waals surface area (Å²) >= 11 is 1.16. The summed E-state index contributed by atoms with van der Waals surface area (Å²) in [6.45, 7) is 3.79. The molecule has 0 unspecified atom stereocenters. The Hall–Kier alpha value is -3.65. The molecule has 158 valence electrons. The van der Waals surface area contributed by atoms with E-state index in [-0.39, 0.29) is 12.4 Å². The molecule has 8 heteroatoms. The van der Waals surface area contributed by atoms with Gasteiger partial charge >= 0.3 is 5.97 Å². The molecule has 31 heavy (non-hydrogen) atoms. The van der Waals surface area contributed by atoms with E-state index in [1.54, 1.807) is 45.2 Å². The average Bonchev–Trinajstić information content (AvgIpc) is 3.14. The van der Waals surface area contributed by atoms with Gasteiger partial charge in [0.1, 0.15) is 27.7 Å². The van der Waals surface area contributed by atoms with Crippen LogP contribution in [0.4, 0.5) is 5.13 Å². The molecule has 0 fully saturated rings. The number of methoxy groups -OCH3 is 1. The molecule has 1 N–H and O–H groups in total. The van der Waals surface area contributed by atoms with Crippen LogP contribution >= 0.6 is 11.3 Å². The van der Waals surface area contributed by atoms with E-state index in [9.17, 15) is 9.90 Å². The van der Waals surface area contributed by atoms with Crippen molar-refractivity contribution in [2.24, 2.45) is 4.99 Å². The third-order valence-corrected chi connectivity index (χ3v) is 5.59. The molecule has 7 nitrogen and oxygen atoms in total. The minimum absolute atomic E-state index is 0.0962. The van der Waals surface area contributed by atoms with Crippen LogP contribution in [0.1, 0.15) is 22.3 Å². The monoisotopic (exact) mass is 436 g/mol. The molecule has 4 aromatic rings. The standard InChI is InChI=1S/C23H20N2O5S/c1-4-29-22(27)21-13(2)24-23(31-21)25-18-12-20(14-5-8-16(28-3)9-6-14)30-19-10-7-15(26)11-17(18)19/h5-12,26H,4H2,1-3H3. The van der Waals surface area contributed by atoms with Gasteiger partial charge in [0, 0.05) is 17.0 Å². The largest absolute Gasteiger partial charge is 0.508 e. The molecule has 0 radical (unpaired) electrons. The van der Waals surface area contributed by atoms with Crippen LogP contribution in [0.5, 0.6) is 11.5 Å². The lowest BCUT2D eigenvalue weighted by Gasteiger charge is -2.06. The first kappa shape index (κ1) is 20.6. The SMILES string of the molecule is CCOC(=O)c1sc(N=c2cc(-c3ccc(OC)cc3)oc3ccc(O)cc23)nc1C. The number of aryl methyl sites for hydroxylation is 1. The summed E-state index contributed by atoms with van der Waals surface area (Å²) < 4.78 is 16.4. The van der Waals surface area contributed by atoms with E-state index >= 15 is 0 Å². The first-order valence-electron chi connectivity index (χ1n) is 9.59. The van der Waals surface area contributed by atoms with Gasteiger partial charge in [0.05, 0.1) is 24.8 Å². The van der Waals surface area contributed by atoms with Gasteiger partial charge in [-0.1, -0.05) is 11.3 Å². The number of esters is 1. The Morgan fingerprint density at radius 2 is 1.97 bits per heavy atom. The van der Waals surface area contributed by atoms with Crippen LogP contribution < -0.4 is 10.1 Å². The van der Waals surface area contributed by atoms with Crippen molar-refractivity contribution in [3.05, 3.63) is 64.5 Å². The fraction of sp³-hybridized carbons (Fsp3) is 0.174. The van der Waals surface area contributed by atoms with Gasteiger partial charge in [0.25, 0.3) is 0 Å². The lowest BCUT2D eigenvalue weighted by Crippen LogP contribution is -2.03. The predicted octanol–water partition coefficient (Wildman–Crippen LogP) is 4.99. The lowest BCUT2D eigenvalue weighted by atomic mass is 10.1. The number of nitrogens with zero attached hydrogens (tertiary/aromatic N) is 2. The molecule has 4 rings (SSSR count). The molecule has 0 spiro atoms. The summed E-state index contributed by atoms with van der Waals surface area (Å²) in [4.78, 5) is 21.6. The number of hydrogen-bond donors (Lipinski definition) is 1. The smallest absolute Gasteiger partial charge is 0.350 e. The Bertz CT molecular complexity index is 1320. The molecule has 0 aliphatic carbocycles. The molecule has 0 saturated heterocycles. The highest BCUT2D eigenvalue weighted by Crippen LogP contribution is 2.28. The fourth-order valence-corrected chi connectivity index (χ4v) is 3.91. The van der Waals surface area contributed by atoms with E-state index in [2.05, 4.69) is 9.98 Å². The maximum atomic E-state index is 12.1. The van der Waals surface area contributed by atoms with Crippen molar-refractivity contribution < 1.29 is 23.8 Å². The molecule has 0 atom stereocenters. The molecule has 2 aromatic carbocycles. The second-order valence-electron chi connectivity index (χ2n) is 6.65. The summed E-state index contributed by atoms with van der Waals surface area (Å²) in [5, 5.41) is 11.6. The quantitative estimate of drug-likeness (QED) is 0.443. The number of ether oxygens (including phenoxy) is 2. The summed E-state index contributed by atoms with van der Waals surface area (Å²) in [7, 11) is 1.61. The third kappa shape index (κ3) is 4.29. The highest BCUT2D eigenvalue weighted by Gasteiger charge is 2.16. The van der Waals surface area contributed by atoms with Gasteiger partial charge in [-0.2, -0.15) is 0 Å². The topological polar surface area (TPSA) is 94.2 Å². The van der Waals surface area contributed by atoms with Gasteiger partial charge in [-0.15, -0.1) is 0 Å². The number of phenolic OH excluding ortho intramolecular Hbond substituents is 1. The van der Waals surface area contributed by atoms with Gasteiger partial charge in [-0.3, -0.25) is 0 Å². The molecule has 0 bridgehead atoms. The number of carbonyl (C=O) groups is 1. The number of benzene rings is 2. The minimum atomic E-state index is -0.413. The van der Waals surface area contributed by atoms with Crippen LogP contribution in [0.2, 0.25) is 0 Å². The highest BCUT2D eigenvalue weighted by molar-refractivity contribution is 7.17. The average molecular weight is 436 g/mol. The fourth-order valence-electron chi connectivity index (χ4n) is 3.07. The Labute approximate surface area is 182 Å². The van der Waals surface area contributed by atoms with Gasteiger partial charge < -0.3 is 19.0 Å². The van der Waals surface area contributed by atoms with Crippen molar-refractivity contribution in [1.82, 2.24) is 4.98 Å². The maximum Gasteiger partial charge on any atom is 0.350 e. The number of aromatic nitrogens is 1. The lowest BCUT2D eigenvalue weighted by molar-refractivity contribution is 0.0531. The van der Waals surface area contributed by atoms with Crippen molar-refractivity contribution in [3.63, 3.8) is 0 Å². The van der Waals surface area contributed by atoms with Gasteiger partial charge in [-0.05, 0) is 56.3 Å². The van der Waals surface area contributed by atoms with Gasteiger partial charge in [0.15, 0.2) is 0 Å². The van der Waals surface area contributed by atoms with Crippen LogP contribution in [0.3, 0.4) is 0 Å². The summed E-state index contributed by atoms with van der Waals surface area (Å²) in [5.74, 6) is 1.02. The Balaban J connectivity index is 1.88. The van der Waals surface area contributed by atoms with Crippen LogP contribution in [0.25, 0.3) is 22.3 Å². The molecule has 0 aliphatic rings. The highest BCUT2D eigenvalue weighted by atomic mass is 32.1. The second kappa shape index (κ2) is 8.61. The number of aromatic hydroxyl groups is 1. The minimum Gasteiger partial charge on any atom is -0.508 e. The summed E-state index contributed by atoms with van der Waals surface area (Å²) in [6, 6.07) is 14.1. The first-order valence-corrected chi connectivity index (χ1v) is 10.4. The van der Waals surface area contributed by atoms with Crippen LogP contribution in [0.15, 0.2) is 57.9 Å². The maximum absolute atomic E-state index is 12.1. The number of carbonyl (C=O) groups excluding carboxylic acids is 1. The summed E-state index contributed by atoms with van der Waals surface area (Å²) in [6.07, 6.45) is 0. The van der Waals surface area contributed by atoms with Crippen molar-refractivity contribution in [2.75, 3.05) is 13.7 Å². The Morgan fingerprint density at radius 1 is 1.19 bits per heavy atom. The molecular weight excluding hydrogens is 416 g/mol. The number of thiazole rings is 1. The van der Waals surface area contributed by atoms with Crippen molar-refractivity contribution in [3.8, 4) is 22.8 Å². The molecular formula is C23H20N2O5S. The number of phenols is 1. The van der Waals surface area contributed by atoms with Crippen LogP contribution in [-0.2, 0) is 4.74 Å². The number of rotatable bonds is 5. The predicted molar refractivity (Wildman–Crippen MR) is 118 cm³/mol. The second-order valence-corrected chi connectivity index (χ2v) is 7.63. The zero-order valence-electron chi connectivity index (χ0n) is 17.2. The van der Waals surface area contributed by atoms with Crippen LogP contribution in [0, 0.1) is 6.92 Å². The molecule has 2 aromatic heterocycles. The van der Waals surface area contributed by atoms with Crippen molar-refractivity contribution in [2.45, 2.75) is 13.8 Å². The van der Waals surface area contributed by atoms with E-state index in [0.717, 1.165) is 22.6 Å². The third-order valence-electron chi connectivity index (χ3n) is 4.56. The van der Waals surface area contributed by atoms with E-state index in [4.69, 9.17) is 13.9 Å². The van der Waals surface area contributed by atoms with Gasteiger partial charge in [-0.25, -0.2) is 14.8 Å². The van der Waals surface area contributed by atoms with E-state index in [0.29, 0.717) is 37.8 Å². The molecule has 0 aliphatic heterocycles.